The molecular formula is C12H14N6S. The lowest BCUT2D eigenvalue weighted by Gasteiger charge is -2.09. The van der Waals surface area contributed by atoms with Gasteiger partial charge in [0.25, 0.3) is 0 Å². The number of hydrogen-bond donors (Lipinski definition) is 0. The van der Waals surface area contributed by atoms with E-state index in [-0.39, 0.29) is 0 Å². The van der Waals surface area contributed by atoms with Gasteiger partial charge in [-0.25, -0.2) is 4.98 Å². The molecule has 19 heavy (non-hydrogen) atoms. The quantitative estimate of drug-likeness (QED) is 0.528. The predicted octanol–water partition coefficient (Wildman–Crippen LogP) is 1.33. The van der Waals surface area contributed by atoms with Gasteiger partial charge < -0.3 is 4.90 Å². The smallest absolute Gasteiger partial charge is 0.193 e. The van der Waals surface area contributed by atoms with Crippen LogP contribution >= 0.6 is 11.8 Å². The van der Waals surface area contributed by atoms with Gasteiger partial charge in [0.05, 0.1) is 5.52 Å². The zero-order chi connectivity index (χ0) is 13.2. The highest BCUT2D eigenvalue weighted by Gasteiger charge is 2.11. The maximum atomic E-state index is 4.64. The summed E-state index contributed by atoms with van der Waals surface area (Å²) in [6.07, 6.45) is 0. The largest absolute Gasteiger partial charge is 0.309 e. The van der Waals surface area contributed by atoms with E-state index in [2.05, 4.69) is 39.5 Å². The fourth-order valence-electron chi connectivity index (χ4n) is 1.81. The minimum absolute atomic E-state index is 0.762. The van der Waals surface area contributed by atoms with Crippen LogP contribution in [0, 0.1) is 0 Å². The molecule has 2 aromatic heterocycles. The van der Waals surface area contributed by atoms with Gasteiger partial charge in [-0.1, -0.05) is 23.9 Å². The lowest BCUT2D eigenvalue weighted by atomic mass is 10.2. The van der Waals surface area contributed by atoms with Crippen LogP contribution in [0.3, 0.4) is 0 Å². The third-order valence-electron chi connectivity index (χ3n) is 2.78. The van der Waals surface area contributed by atoms with Crippen molar-refractivity contribution in [1.29, 1.82) is 0 Å². The highest BCUT2D eigenvalue weighted by molar-refractivity contribution is 7.99. The first-order valence-corrected chi connectivity index (χ1v) is 6.98. The van der Waals surface area contributed by atoms with E-state index in [0.717, 1.165) is 34.0 Å². The summed E-state index contributed by atoms with van der Waals surface area (Å²) >= 11 is 1.67. The van der Waals surface area contributed by atoms with Gasteiger partial charge in [0, 0.05) is 17.7 Å². The Bertz CT molecular complexity index is 708. The number of aromatic nitrogens is 5. The zero-order valence-corrected chi connectivity index (χ0v) is 11.6. The van der Waals surface area contributed by atoms with Crippen molar-refractivity contribution >= 4 is 28.3 Å². The van der Waals surface area contributed by atoms with Crippen molar-refractivity contribution in [3.63, 3.8) is 0 Å². The monoisotopic (exact) mass is 274 g/mol. The normalized spacial score (nSPS) is 11.7. The van der Waals surface area contributed by atoms with Crippen LogP contribution in [0.2, 0.25) is 0 Å². The van der Waals surface area contributed by atoms with Gasteiger partial charge in [0.2, 0.25) is 0 Å². The van der Waals surface area contributed by atoms with Crippen LogP contribution in [0.1, 0.15) is 0 Å². The Hall–Kier alpha value is -1.73. The molecule has 0 saturated heterocycles. The Kier molecular flexibility index (Phi) is 3.31. The maximum absolute atomic E-state index is 4.64. The van der Waals surface area contributed by atoms with Crippen LogP contribution in [-0.4, -0.2) is 56.3 Å². The van der Waals surface area contributed by atoms with Gasteiger partial charge in [-0.3, -0.25) is 0 Å². The lowest BCUT2D eigenvalue weighted by Crippen LogP contribution is -2.15. The molecule has 0 spiro atoms. The topological polar surface area (TPSA) is 59.2 Å². The molecule has 2 heterocycles. The first-order valence-electron chi connectivity index (χ1n) is 6.00. The molecule has 1 aromatic carbocycles. The minimum atomic E-state index is 0.762. The van der Waals surface area contributed by atoms with E-state index in [4.69, 9.17) is 0 Å². The minimum Gasteiger partial charge on any atom is -0.309 e. The Morgan fingerprint density at radius 1 is 1.26 bits per heavy atom. The Balaban J connectivity index is 2.04. The molecule has 0 radical (unpaired) electrons. The van der Waals surface area contributed by atoms with E-state index in [1.165, 1.54) is 0 Å². The molecule has 0 fully saturated rings. The molecule has 0 aliphatic carbocycles. The lowest BCUT2D eigenvalue weighted by molar-refractivity contribution is 0.437. The molecule has 98 valence electrons. The van der Waals surface area contributed by atoms with E-state index in [1.54, 1.807) is 16.3 Å². The molecule has 0 N–H and O–H groups in total. The van der Waals surface area contributed by atoms with Crippen molar-refractivity contribution < 1.29 is 0 Å². The first kappa shape index (κ1) is 12.3. The average Bonchev–Trinajstić information content (AvgIpc) is 2.88. The number of rotatable bonds is 4. The zero-order valence-electron chi connectivity index (χ0n) is 10.8. The second kappa shape index (κ2) is 5.10. The second-order valence-electron chi connectivity index (χ2n) is 4.48. The first-order chi connectivity index (χ1) is 9.25. The van der Waals surface area contributed by atoms with E-state index in [9.17, 15) is 0 Å². The van der Waals surface area contributed by atoms with Crippen molar-refractivity contribution in [2.24, 2.45) is 0 Å². The van der Waals surface area contributed by atoms with E-state index >= 15 is 0 Å². The van der Waals surface area contributed by atoms with Gasteiger partial charge in [-0.05, 0) is 36.7 Å². The Morgan fingerprint density at radius 2 is 2.11 bits per heavy atom. The fourth-order valence-corrected chi connectivity index (χ4v) is 2.85. The SMILES string of the molecule is CN(C)CCSc1nc2ccccc2c2nnnn12. The fraction of sp³-hybridized carbons (Fsp3) is 0.333. The van der Waals surface area contributed by atoms with Crippen LogP contribution in [0.5, 0.6) is 0 Å². The van der Waals surface area contributed by atoms with Gasteiger partial charge >= 0.3 is 0 Å². The van der Waals surface area contributed by atoms with Crippen molar-refractivity contribution in [3.8, 4) is 0 Å². The van der Waals surface area contributed by atoms with Gasteiger partial charge in [-0.15, -0.1) is 5.10 Å². The highest BCUT2D eigenvalue weighted by Crippen LogP contribution is 2.22. The van der Waals surface area contributed by atoms with Gasteiger partial charge in [0.15, 0.2) is 10.8 Å². The molecule has 6 nitrogen and oxygen atoms in total. The molecule has 0 aliphatic rings. The highest BCUT2D eigenvalue weighted by atomic mass is 32.2. The summed E-state index contributed by atoms with van der Waals surface area (Å²) in [6.45, 7) is 0.989. The van der Waals surface area contributed by atoms with Gasteiger partial charge in [0.1, 0.15) is 0 Å². The van der Waals surface area contributed by atoms with Crippen LogP contribution in [-0.2, 0) is 0 Å². The second-order valence-corrected chi connectivity index (χ2v) is 5.54. The summed E-state index contributed by atoms with van der Waals surface area (Å²) < 4.78 is 1.71. The summed E-state index contributed by atoms with van der Waals surface area (Å²) in [7, 11) is 4.11. The molecule has 0 atom stereocenters. The number of nitrogens with zero attached hydrogens (tertiary/aromatic N) is 6. The predicted molar refractivity (Wildman–Crippen MR) is 75.4 cm³/mol. The number of thioether (sulfide) groups is 1. The maximum Gasteiger partial charge on any atom is 0.193 e. The van der Waals surface area contributed by atoms with Crippen LogP contribution in [0.4, 0.5) is 0 Å². The van der Waals surface area contributed by atoms with Crippen LogP contribution in [0.25, 0.3) is 16.6 Å². The summed E-state index contributed by atoms with van der Waals surface area (Å²) in [5.74, 6) is 0.952. The van der Waals surface area contributed by atoms with Gasteiger partial charge in [-0.2, -0.15) is 4.52 Å². The third-order valence-corrected chi connectivity index (χ3v) is 3.69. The molecule has 3 aromatic rings. The molecular weight excluding hydrogens is 260 g/mol. The van der Waals surface area contributed by atoms with E-state index in [0.29, 0.717) is 0 Å². The van der Waals surface area contributed by atoms with Crippen molar-refractivity contribution in [2.75, 3.05) is 26.4 Å². The Morgan fingerprint density at radius 3 is 2.95 bits per heavy atom. The molecule has 0 amide bonds. The molecule has 7 heteroatoms. The molecule has 0 saturated carbocycles. The summed E-state index contributed by atoms with van der Waals surface area (Å²) in [5, 5.41) is 13.7. The van der Waals surface area contributed by atoms with Crippen LogP contribution in [0.15, 0.2) is 29.4 Å². The van der Waals surface area contributed by atoms with Crippen molar-refractivity contribution in [3.05, 3.63) is 24.3 Å². The molecule has 3 rings (SSSR count). The summed E-state index contributed by atoms with van der Waals surface area (Å²) in [5.41, 5.74) is 1.69. The summed E-state index contributed by atoms with van der Waals surface area (Å²) in [4.78, 5) is 6.78. The van der Waals surface area contributed by atoms with E-state index in [1.807, 2.05) is 24.3 Å². The standard InChI is InChI=1S/C12H14N6S/c1-17(2)7-8-19-12-13-10-6-4-3-5-9(10)11-14-15-16-18(11)12/h3-6H,7-8H2,1-2H3. The average molecular weight is 274 g/mol. The molecule has 0 unspecified atom stereocenters. The van der Waals surface area contributed by atoms with Crippen molar-refractivity contribution in [1.82, 2.24) is 29.9 Å². The number of para-hydroxylation sites is 1. The number of hydrogen-bond acceptors (Lipinski definition) is 6. The number of benzene rings is 1. The third kappa shape index (κ3) is 2.39. The van der Waals surface area contributed by atoms with Crippen LogP contribution < -0.4 is 0 Å². The van der Waals surface area contributed by atoms with Crippen molar-refractivity contribution in [2.45, 2.75) is 5.16 Å². The molecule has 0 bridgehead atoms. The molecule has 0 aliphatic heterocycles. The number of tetrazole rings is 1. The number of fused-ring (bicyclic) bond motifs is 3. The van der Waals surface area contributed by atoms with E-state index < -0.39 is 0 Å². The summed E-state index contributed by atoms with van der Waals surface area (Å²) in [6, 6.07) is 7.92. The Labute approximate surface area is 114 Å².